The summed E-state index contributed by atoms with van der Waals surface area (Å²) in [5, 5.41) is 0. The van der Waals surface area contributed by atoms with Crippen molar-refractivity contribution < 1.29 is 9.53 Å². The van der Waals surface area contributed by atoms with Crippen LogP contribution in [0.25, 0.3) is 5.65 Å². The van der Waals surface area contributed by atoms with Crippen molar-refractivity contribution in [3.63, 3.8) is 0 Å². The van der Waals surface area contributed by atoms with Crippen LogP contribution in [0.15, 0.2) is 53.3 Å². The average Bonchev–Trinajstić information content (AvgIpc) is 2.66. The van der Waals surface area contributed by atoms with Crippen molar-refractivity contribution in [1.82, 2.24) is 14.3 Å². The number of rotatable bonds is 3. The molecule has 1 aromatic carbocycles. The number of ether oxygens (including phenoxy) is 1. The van der Waals surface area contributed by atoms with Gasteiger partial charge in [0, 0.05) is 24.8 Å². The van der Waals surface area contributed by atoms with Crippen LogP contribution in [0.1, 0.15) is 22.5 Å². The third kappa shape index (κ3) is 3.24. The van der Waals surface area contributed by atoms with E-state index in [1.807, 2.05) is 48.2 Å². The molecule has 0 radical (unpaired) electrons. The van der Waals surface area contributed by atoms with Gasteiger partial charge < -0.3 is 4.74 Å². The Morgan fingerprint density at radius 3 is 2.74 bits per heavy atom. The number of methoxy groups -OCH3 is 1. The molecule has 2 aromatic heterocycles. The summed E-state index contributed by atoms with van der Waals surface area (Å²) in [7, 11) is 1.41. The first-order valence-electron chi connectivity index (χ1n) is 8.94. The molecule has 0 saturated carbocycles. The van der Waals surface area contributed by atoms with E-state index < -0.39 is 0 Å². The molecule has 6 heteroatoms. The third-order valence-electron chi connectivity index (χ3n) is 5.12. The smallest absolute Gasteiger partial charge is 0.323 e. The Balaban J connectivity index is 1.70. The second kappa shape index (κ2) is 6.96. The maximum atomic E-state index is 12.5. The number of carbonyl (C=O) groups excluding carboxylic acids is 1. The summed E-state index contributed by atoms with van der Waals surface area (Å²) in [5.74, 6) is -0.266. The van der Waals surface area contributed by atoms with E-state index in [-0.39, 0.29) is 17.6 Å². The molecular formula is C21H21N3O3. The highest BCUT2D eigenvalue weighted by Crippen LogP contribution is 2.25. The second-order valence-corrected chi connectivity index (χ2v) is 6.86. The van der Waals surface area contributed by atoms with Crippen LogP contribution in [0.2, 0.25) is 0 Å². The summed E-state index contributed by atoms with van der Waals surface area (Å²) in [5.41, 5.74) is 4.34. The van der Waals surface area contributed by atoms with Crippen LogP contribution < -0.4 is 5.56 Å². The van der Waals surface area contributed by atoms with Gasteiger partial charge in [0.1, 0.15) is 11.7 Å². The SMILES string of the molecule is COC(=O)[C@@H]1Cc2ccccc2CN1Cc1cc(=O)n2c(C)cccc2n1. The van der Waals surface area contributed by atoms with E-state index in [9.17, 15) is 9.59 Å². The quantitative estimate of drug-likeness (QED) is 0.667. The van der Waals surface area contributed by atoms with Gasteiger partial charge >= 0.3 is 5.97 Å². The molecule has 3 heterocycles. The van der Waals surface area contributed by atoms with E-state index in [1.165, 1.54) is 12.7 Å². The Kier molecular flexibility index (Phi) is 4.49. The van der Waals surface area contributed by atoms with Gasteiger partial charge in [-0.2, -0.15) is 0 Å². The first-order valence-corrected chi connectivity index (χ1v) is 8.94. The molecule has 27 heavy (non-hydrogen) atoms. The summed E-state index contributed by atoms with van der Waals surface area (Å²) >= 11 is 0. The monoisotopic (exact) mass is 363 g/mol. The van der Waals surface area contributed by atoms with Crippen LogP contribution in [0.3, 0.4) is 0 Å². The van der Waals surface area contributed by atoms with E-state index in [0.717, 1.165) is 11.3 Å². The van der Waals surface area contributed by atoms with Crippen molar-refractivity contribution >= 4 is 11.6 Å². The molecule has 138 valence electrons. The Morgan fingerprint density at radius 2 is 1.96 bits per heavy atom. The van der Waals surface area contributed by atoms with Gasteiger partial charge in [0.25, 0.3) is 5.56 Å². The highest BCUT2D eigenvalue weighted by atomic mass is 16.5. The maximum Gasteiger partial charge on any atom is 0.323 e. The zero-order valence-electron chi connectivity index (χ0n) is 15.4. The highest BCUT2D eigenvalue weighted by Gasteiger charge is 2.32. The fourth-order valence-corrected chi connectivity index (χ4v) is 3.76. The number of nitrogens with zero attached hydrogens (tertiary/aromatic N) is 3. The lowest BCUT2D eigenvalue weighted by atomic mass is 9.94. The largest absolute Gasteiger partial charge is 0.468 e. The van der Waals surface area contributed by atoms with Gasteiger partial charge in [-0.3, -0.25) is 18.9 Å². The van der Waals surface area contributed by atoms with E-state index in [2.05, 4.69) is 11.1 Å². The maximum absolute atomic E-state index is 12.5. The Morgan fingerprint density at radius 1 is 1.19 bits per heavy atom. The molecule has 0 saturated heterocycles. The Labute approximate surface area is 157 Å². The lowest BCUT2D eigenvalue weighted by Gasteiger charge is -2.34. The van der Waals surface area contributed by atoms with Gasteiger partial charge in [-0.15, -0.1) is 0 Å². The molecule has 0 amide bonds. The molecule has 0 aliphatic carbocycles. The number of benzene rings is 1. The van der Waals surface area contributed by atoms with Gasteiger partial charge in [0.05, 0.1) is 12.8 Å². The number of hydrogen-bond acceptors (Lipinski definition) is 5. The molecular weight excluding hydrogens is 342 g/mol. The Hall–Kier alpha value is -2.99. The van der Waals surface area contributed by atoms with Crippen molar-refractivity contribution in [1.29, 1.82) is 0 Å². The van der Waals surface area contributed by atoms with Crippen LogP contribution in [-0.2, 0) is 29.0 Å². The lowest BCUT2D eigenvalue weighted by molar-refractivity contribution is -0.148. The molecule has 3 aromatic rings. The topological polar surface area (TPSA) is 63.9 Å². The number of fused-ring (bicyclic) bond motifs is 2. The average molecular weight is 363 g/mol. The summed E-state index contributed by atoms with van der Waals surface area (Å²) in [6.07, 6.45) is 0.592. The fraction of sp³-hybridized carbons (Fsp3) is 0.286. The third-order valence-corrected chi connectivity index (χ3v) is 5.12. The number of hydrogen-bond donors (Lipinski definition) is 0. The van der Waals surface area contributed by atoms with Gasteiger partial charge in [-0.25, -0.2) is 4.98 Å². The van der Waals surface area contributed by atoms with Gasteiger partial charge in [-0.1, -0.05) is 30.3 Å². The summed E-state index contributed by atoms with van der Waals surface area (Å²) in [6.45, 7) is 2.91. The minimum atomic E-state index is -0.386. The van der Waals surface area contributed by atoms with Crippen LogP contribution in [-0.4, -0.2) is 33.4 Å². The number of pyridine rings is 1. The Bertz CT molecular complexity index is 1070. The summed E-state index contributed by atoms with van der Waals surface area (Å²) in [4.78, 5) is 31.6. The van der Waals surface area contributed by atoms with Crippen LogP contribution in [0.4, 0.5) is 0 Å². The summed E-state index contributed by atoms with van der Waals surface area (Å²) in [6, 6.07) is 14.8. The van der Waals surface area contributed by atoms with Crippen LogP contribution in [0.5, 0.6) is 0 Å². The van der Waals surface area contributed by atoms with Crippen LogP contribution >= 0.6 is 0 Å². The van der Waals surface area contributed by atoms with Gasteiger partial charge in [-0.05, 0) is 36.6 Å². The lowest BCUT2D eigenvalue weighted by Crippen LogP contribution is -2.45. The number of carbonyl (C=O) groups is 1. The van der Waals surface area contributed by atoms with Gasteiger partial charge in [0.15, 0.2) is 0 Å². The first kappa shape index (κ1) is 17.4. The van der Waals surface area contributed by atoms with E-state index >= 15 is 0 Å². The second-order valence-electron chi connectivity index (χ2n) is 6.86. The predicted molar refractivity (Wildman–Crippen MR) is 101 cm³/mol. The van der Waals surface area contributed by atoms with Crippen molar-refractivity contribution in [3.8, 4) is 0 Å². The molecule has 1 aliphatic rings. The molecule has 0 fully saturated rings. The molecule has 0 bridgehead atoms. The zero-order valence-corrected chi connectivity index (χ0v) is 15.4. The minimum absolute atomic E-state index is 0.111. The van der Waals surface area contributed by atoms with Gasteiger partial charge in [0.2, 0.25) is 0 Å². The number of aromatic nitrogens is 2. The molecule has 0 spiro atoms. The fourth-order valence-electron chi connectivity index (χ4n) is 3.76. The normalized spacial score (nSPS) is 16.9. The summed E-state index contributed by atoms with van der Waals surface area (Å²) < 4.78 is 6.61. The van der Waals surface area contributed by atoms with Crippen LogP contribution in [0, 0.1) is 6.92 Å². The molecule has 1 aliphatic heterocycles. The molecule has 0 unspecified atom stereocenters. The van der Waals surface area contributed by atoms with E-state index in [0.29, 0.717) is 30.9 Å². The van der Waals surface area contributed by atoms with E-state index in [4.69, 9.17) is 4.74 Å². The molecule has 4 rings (SSSR count). The number of aryl methyl sites for hydroxylation is 1. The predicted octanol–water partition coefficient (Wildman–Crippen LogP) is 2.10. The molecule has 0 N–H and O–H groups in total. The van der Waals surface area contributed by atoms with Crippen molar-refractivity contribution in [2.24, 2.45) is 0 Å². The minimum Gasteiger partial charge on any atom is -0.468 e. The highest BCUT2D eigenvalue weighted by molar-refractivity contribution is 5.76. The van der Waals surface area contributed by atoms with E-state index in [1.54, 1.807) is 10.5 Å². The standard InChI is InChI=1S/C21H21N3O3/c1-14-6-5-9-19-22-17(11-20(25)24(14)19)13-23-12-16-8-4-3-7-15(16)10-18(23)21(26)27-2/h3-9,11,18H,10,12-13H2,1-2H3/t18-/m0/s1. The van der Waals surface area contributed by atoms with Crippen molar-refractivity contribution in [2.45, 2.75) is 32.5 Å². The number of esters is 1. The van der Waals surface area contributed by atoms with Crippen molar-refractivity contribution in [2.75, 3.05) is 7.11 Å². The first-order chi connectivity index (χ1) is 13.1. The molecule has 1 atom stereocenters. The zero-order chi connectivity index (χ0) is 19.0. The van der Waals surface area contributed by atoms with Crippen molar-refractivity contribution in [3.05, 3.63) is 81.4 Å². The molecule has 6 nitrogen and oxygen atoms in total.